The van der Waals surface area contributed by atoms with E-state index in [4.69, 9.17) is 34.8 Å². The second kappa shape index (κ2) is 5.50. The Morgan fingerprint density at radius 2 is 2.00 bits per heavy atom. The van der Waals surface area contributed by atoms with Crippen LogP contribution in [0.5, 0.6) is 0 Å². The fraction of sp³-hybridized carbons (Fsp3) is 0. The third kappa shape index (κ3) is 3.19. The Bertz CT molecular complexity index is 553. The lowest BCUT2D eigenvalue weighted by atomic mass is 10.3. The second-order valence-electron chi connectivity index (χ2n) is 3.24. The summed E-state index contributed by atoms with van der Waals surface area (Å²) in [4.78, 5) is 8.19. The van der Waals surface area contributed by atoms with Crippen molar-refractivity contribution in [3.8, 4) is 0 Å². The van der Waals surface area contributed by atoms with Crippen LogP contribution in [0.25, 0.3) is 0 Å². The van der Waals surface area contributed by atoms with Crippen LogP contribution >= 0.6 is 34.8 Å². The van der Waals surface area contributed by atoms with Crippen LogP contribution in [0.4, 0.5) is 5.69 Å². The normalized spacial score (nSPS) is 11.6. The van der Waals surface area contributed by atoms with Crippen LogP contribution in [0.1, 0.15) is 5.56 Å². The largest absolute Gasteiger partial charge is 0.264 e. The van der Waals surface area contributed by atoms with Crippen molar-refractivity contribution in [3.63, 3.8) is 0 Å². The Hall–Kier alpha value is -1.09. The number of hydrogen-bond donors (Lipinski definition) is 0. The maximum absolute atomic E-state index is 6.07. The molecule has 0 radical (unpaired) electrons. The molecule has 0 atom stereocenters. The number of hydrogen-bond acceptors (Lipinski definition) is 2. The average Bonchev–Trinajstić information content (AvgIpc) is 2.34. The van der Waals surface area contributed by atoms with Crippen molar-refractivity contribution in [2.24, 2.45) is 4.99 Å². The van der Waals surface area contributed by atoms with Crippen molar-refractivity contribution >= 4 is 45.7 Å². The lowest BCUT2D eigenvalue weighted by Crippen LogP contribution is -1.90. The molecule has 0 amide bonds. The van der Waals surface area contributed by atoms with Crippen molar-refractivity contribution in [1.82, 2.24) is 4.98 Å². The minimum atomic E-state index is 0.335. The Labute approximate surface area is 114 Å². The first kappa shape index (κ1) is 12.4. The monoisotopic (exact) mass is 284 g/mol. The quantitative estimate of drug-likeness (QED) is 0.734. The molecule has 0 fully saturated rings. The van der Waals surface area contributed by atoms with Crippen LogP contribution in [-0.2, 0) is 0 Å². The highest BCUT2D eigenvalue weighted by Gasteiger charge is 2.03. The van der Waals surface area contributed by atoms with E-state index in [1.807, 2.05) is 6.07 Å². The van der Waals surface area contributed by atoms with E-state index in [1.54, 1.807) is 36.7 Å². The Morgan fingerprint density at radius 3 is 2.65 bits per heavy atom. The SMILES string of the molecule is ClC(=Nc1ccc(Cl)cc1Cl)c1cccnc1. The highest BCUT2D eigenvalue weighted by atomic mass is 35.5. The van der Waals surface area contributed by atoms with Crippen molar-refractivity contribution in [2.75, 3.05) is 0 Å². The fourth-order valence-corrected chi connectivity index (χ4v) is 1.88. The van der Waals surface area contributed by atoms with Crippen molar-refractivity contribution in [3.05, 3.63) is 58.3 Å². The lowest BCUT2D eigenvalue weighted by Gasteiger charge is -2.01. The van der Waals surface area contributed by atoms with E-state index < -0.39 is 0 Å². The molecule has 2 nitrogen and oxygen atoms in total. The first-order valence-electron chi connectivity index (χ1n) is 4.76. The molecule has 1 aromatic carbocycles. The highest BCUT2D eigenvalue weighted by Crippen LogP contribution is 2.28. The van der Waals surface area contributed by atoms with Gasteiger partial charge in [-0.05, 0) is 30.3 Å². The topological polar surface area (TPSA) is 25.2 Å². The molecule has 0 N–H and O–H groups in total. The number of aromatic nitrogens is 1. The van der Waals surface area contributed by atoms with Crippen LogP contribution in [0.2, 0.25) is 10.0 Å². The summed E-state index contributed by atoms with van der Waals surface area (Å²) in [5.74, 6) is 0. The molecule has 17 heavy (non-hydrogen) atoms. The van der Waals surface area contributed by atoms with Gasteiger partial charge < -0.3 is 0 Å². The Morgan fingerprint density at radius 1 is 1.18 bits per heavy atom. The molecule has 0 unspecified atom stereocenters. The van der Waals surface area contributed by atoms with E-state index in [9.17, 15) is 0 Å². The zero-order chi connectivity index (χ0) is 12.3. The second-order valence-corrected chi connectivity index (χ2v) is 4.44. The highest BCUT2D eigenvalue weighted by molar-refractivity contribution is 6.69. The Balaban J connectivity index is 2.36. The molecule has 0 bridgehead atoms. The molecular weight excluding hydrogens is 279 g/mol. The van der Waals surface area contributed by atoms with E-state index in [2.05, 4.69) is 9.98 Å². The van der Waals surface area contributed by atoms with Gasteiger partial charge in [0.1, 0.15) is 5.17 Å². The van der Waals surface area contributed by atoms with Gasteiger partial charge in [-0.3, -0.25) is 4.98 Å². The van der Waals surface area contributed by atoms with Gasteiger partial charge in [0, 0.05) is 23.0 Å². The maximum atomic E-state index is 6.07. The van der Waals surface area contributed by atoms with Gasteiger partial charge in [-0.2, -0.15) is 0 Å². The van der Waals surface area contributed by atoms with Gasteiger partial charge in [-0.1, -0.05) is 34.8 Å². The van der Waals surface area contributed by atoms with Gasteiger partial charge in [0.25, 0.3) is 0 Å². The van der Waals surface area contributed by atoms with Crippen molar-refractivity contribution in [2.45, 2.75) is 0 Å². The number of benzene rings is 1. The van der Waals surface area contributed by atoms with Gasteiger partial charge >= 0.3 is 0 Å². The standard InChI is InChI=1S/C12H7Cl3N2/c13-9-3-4-11(10(14)6-9)17-12(15)8-2-1-5-16-7-8/h1-7H. The van der Waals surface area contributed by atoms with Crippen LogP contribution in [0.15, 0.2) is 47.7 Å². The Kier molecular flexibility index (Phi) is 4.00. The van der Waals surface area contributed by atoms with Crippen molar-refractivity contribution in [1.29, 1.82) is 0 Å². The number of rotatable bonds is 2. The molecule has 2 rings (SSSR count). The third-order valence-corrected chi connectivity index (χ3v) is 2.87. The summed E-state index contributed by atoms with van der Waals surface area (Å²) in [6.07, 6.45) is 3.30. The lowest BCUT2D eigenvalue weighted by molar-refractivity contribution is 1.32. The van der Waals surface area contributed by atoms with E-state index in [1.165, 1.54) is 0 Å². The summed E-state index contributed by atoms with van der Waals surface area (Å²) in [7, 11) is 0. The molecule has 86 valence electrons. The van der Waals surface area contributed by atoms with Gasteiger partial charge in [-0.15, -0.1) is 0 Å². The van der Waals surface area contributed by atoms with E-state index >= 15 is 0 Å². The molecule has 1 heterocycles. The fourth-order valence-electron chi connectivity index (χ4n) is 1.23. The van der Waals surface area contributed by atoms with Crippen LogP contribution in [0.3, 0.4) is 0 Å². The first-order valence-corrected chi connectivity index (χ1v) is 5.90. The summed E-state index contributed by atoms with van der Waals surface area (Å²) in [5, 5.41) is 1.35. The smallest absolute Gasteiger partial charge is 0.138 e. The van der Waals surface area contributed by atoms with Crippen LogP contribution in [-0.4, -0.2) is 10.2 Å². The summed E-state index contributed by atoms with van der Waals surface area (Å²) in [5.41, 5.74) is 1.31. The summed E-state index contributed by atoms with van der Waals surface area (Å²) in [6, 6.07) is 8.65. The summed E-state index contributed by atoms with van der Waals surface area (Å²) < 4.78 is 0. The first-order chi connectivity index (χ1) is 8.16. The minimum Gasteiger partial charge on any atom is -0.264 e. The number of pyridine rings is 1. The zero-order valence-electron chi connectivity index (χ0n) is 8.57. The predicted molar refractivity (Wildman–Crippen MR) is 72.7 cm³/mol. The maximum Gasteiger partial charge on any atom is 0.138 e. The molecule has 0 saturated carbocycles. The van der Waals surface area contributed by atoms with E-state index in [0.717, 1.165) is 5.56 Å². The number of nitrogens with zero attached hydrogens (tertiary/aromatic N) is 2. The van der Waals surface area contributed by atoms with E-state index in [0.29, 0.717) is 20.9 Å². The third-order valence-electron chi connectivity index (χ3n) is 2.03. The van der Waals surface area contributed by atoms with Crippen LogP contribution in [0, 0.1) is 0 Å². The summed E-state index contributed by atoms with van der Waals surface area (Å²) >= 11 is 17.9. The van der Waals surface area contributed by atoms with Gasteiger partial charge in [0.05, 0.1) is 10.7 Å². The molecule has 1 aromatic heterocycles. The van der Waals surface area contributed by atoms with Gasteiger partial charge in [0.15, 0.2) is 0 Å². The van der Waals surface area contributed by atoms with Crippen LogP contribution < -0.4 is 0 Å². The number of halogens is 3. The molecule has 2 aromatic rings. The van der Waals surface area contributed by atoms with E-state index in [-0.39, 0.29) is 0 Å². The molecule has 5 heteroatoms. The zero-order valence-corrected chi connectivity index (χ0v) is 10.8. The average molecular weight is 286 g/mol. The minimum absolute atomic E-state index is 0.335. The molecule has 0 aliphatic heterocycles. The number of aliphatic imine (C=N–C) groups is 1. The summed E-state index contributed by atoms with van der Waals surface area (Å²) in [6.45, 7) is 0. The predicted octanol–water partition coefficient (Wildman–Crippen LogP) is 4.71. The molecule has 0 spiro atoms. The molecule has 0 aliphatic rings. The molecule has 0 saturated heterocycles. The van der Waals surface area contributed by atoms with Gasteiger partial charge in [0.2, 0.25) is 0 Å². The molecular formula is C12H7Cl3N2. The van der Waals surface area contributed by atoms with Gasteiger partial charge in [-0.25, -0.2) is 4.99 Å². The van der Waals surface area contributed by atoms with Crippen molar-refractivity contribution < 1.29 is 0 Å². The molecule has 0 aliphatic carbocycles.